The molecule has 0 aliphatic rings. The molecule has 0 aliphatic heterocycles. The van der Waals surface area contributed by atoms with Crippen LogP contribution in [0.25, 0.3) is 0 Å². The molecule has 0 fully saturated rings. The monoisotopic (exact) mass is 275 g/mol. The van der Waals surface area contributed by atoms with Gasteiger partial charge in [-0.2, -0.15) is 0 Å². The maximum absolute atomic E-state index is 5.23. The molecule has 0 bridgehead atoms. The van der Waals surface area contributed by atoms with E-state index in [4.69, 9.17) is 4.74 Å². The van der Waals surface area contributed by atoms with E-state index < -0.39 is 0 Å². The summed E-state index contributed by atoms with van der Waals surface area (Å²) in [5.74, 6) is 0.914. The summed E-state index contributed by atoms with van der Waals surface area (Å²) in [6, 6.07) is 12.5. The molecule has 0 radical (unpaired) electrons. The molecule has 1 aromatic carbocycles. The molecule has 2 nitrogen and oxygen atoms in total. The van der Waals surface area contributed by atoms with Crippen molar-refractivity contribution in [2.24, 2.45) is 0 Å². The molecule has 0 spiro atoms. The molecular formula is C16H21NOS. The quantitative estimate of drug-likeness (QED) is 0.865. The fraction of sp³-hybridized carbons (Fsp3) is 0.375. The van der Waals surface area contributed by atoms with Crippen molar-refractivity contribution in [2.75, 3.05) is 13.7 Å². The normalized spacial score (nSPS) is 11.5. The first-order chi connectivity index (χ1) is 9.12. The van der Waals surface area contributed by atoms with E-state index in [0.29, 0.717) is 0 Å². The zero-order valence-electron chi connectivity index (χ0n) is 11.8. The van der Waals surface area contributed by atoms with Crippen LogP contribution in [-0.4, -0.2) is 13.7 Å². The summed E-state index contributed by atoms with van der Waals surface area (Å²) in [6.07, 6.45) is 0. The Morgan fingerprint density at radius 1 is 1.21 bits per heavy atom. The van der Waals surface area contributed by atoms with Gasteiger partial charge in [0.2, 0.25) is 0 Å². The van der Waals surface area contributed by atoms with Crippen LogP contribution < -0.4 is 10.1 Å². The van der Waals surface area contributed by atoms with Gasteiger partial charge in [-0.1, -0.05) is 32.0 Å². The number of benzene rings is 1. The topological polar surface area (TPSA) is 21.3 Å². The standard InChI is InChI=1S/C16H21NOS/c1-16(2,15-8-5-9-19-15)12-17-11-13-6-4-7-14(10-13)18-3/h4-10,17H,11-12H2,1-3H3. The average Bonchev–Trinajstić information content (AvgIpc) is 2.93. The number of methoxy groups -OCH3 is 1. The van der Waals surface area contributed by atoms with E-state index in [9.17, 15) is 0 Å². The number of hydrogen-bond acceptors (Lipinski definition) is 3. The summed E-state index contributed by atoms with van der Waals surface area (Å²) < 4.78 is 5.23. The summed E-state index contributed by atoms with van der Waals surface area (Å²) in [4.78, 5) is 1.42. The van der Waals surface area contributed by atoms with Crippen LogP contribution in [0.4, 0.5) is 0 Å². The molecule has 0 saturated heterocycles. The zero-order chi connectivity index (χ0) is 13.7. The van der Waals surface area contributed by atoms with Gasteiger partial charge < -0.3 is 10.1 Å². The minimum atomic E-state index is 0.174. The molecule has 0 unspecified atom stereocenters. The second kappa shape index (κ2) is 6.22. The van der Waals surface area contributed by atoms with Gasteiger partial charge in [0.15, 0.2) is 0 Å². The lowest BCUT2D eigenvalue weighted by molar-refractivity contribution is 0.413. The fourth-order valence-corrected chi connectivity index (χ4v) is 2.90. The van der Waals surface area contributed by atoms with Gasteiger partial charge in [0.05, 0.1) is 7.11 Å². The molecule has 1 N–H and O–H groups in total. The van der Waals surface area contributed by atoms with Crippen LogP contribution in [0.2, 0.25) is 0 Å². The second-order valence-electron chi connectivity index (χ2n) is 5.32. The minimum Gasteiger partial charge on any atom is -0.497 e. The summed E-state index contributed by atoms with van der Waals surface area (Å²) in [7, 11) is 1.70. The van der Waals surface area contributed by atoms with Gasteiger partial charge in [-0.3, -0.25) is 0 Å². The van der Waals surface area contributed by atoms with Crippen LogP contribution in [0, 0.1) is 0 Å². The zero-order valence-corrected chi connectivity index (χ0v) is 12.6. The number of hydrogen-bond donors (Lipinski definition) is 1. The highest BCUT2D eigenvalue weighted by Gasteiger charge is 2.20. The Balaban J connectivity index is 1.89. The first-order valence-electron chi connectivity index (χ1n) is 6.49. The van der Waals surface area contributed by atoms with Crippen molar-refractivity contribution >= 4 is 11.3 Å². The van der Waals surface area contributed by atoms with Crippen LogP contribution in [0.1, 0.15) is 24.3 Å². The van der Waals surface area contributed by atoms with E-state index >= 15 is 0 Å². The average molecular weight is 275 g/mol. The van der Waals surface area contributed by atoms with Gasteiger partial charge in [0.25, 0.3) is 0 Å². The molecule has 19 heavy (non-hydrogen) atoms. The van der Waals surface area contributed by atoms with Crippen LogP contribution in [0.5, 0.6) is 5.75 Å². The van der Waals surface area contributed by atoms with E-state index in [2.05, 4.69) is 48.8 Å². The van der Waals surface area contributed by atoms with Crippen molar-refractivity contribution in [1.82, 2.24) is 5.32 Å². The van der Waals surface area contributed by atoms with Crippen LogP contribution in [0.15, 0.2) is 41.8 Å². The summed E-state index contributed by atoms with van der Waals surface area (Å²) in [5, 5.41) is 5.67. The molecule has 0 atom stereocenters. The van der Waals surface area contributed by atoms with Crippen molar-refractivity contribution < 1.29 is 4.74 Å². The molecular weight excluding hydrogens is 254 g/mol. The van der Waals surface area contributed by atoms with Crippen molar-refractivity contribution in [3.63, 3.8) is 0 Å². The van der Waals surface area contributed by atoms with E-state index in [1.807, 2.05) is 23.5 Å². The molecule has 0 aliphatic carbocycles. The molecule has 0 amide bonds. The van der Waals surface area contributed by atoms with Crippen LogP contribution >= 0.6 is 11.3 Å². The third-order valence-corrected chi connectivity index (χ3v) is 4.45. The number of nitrogens with one attached hydrogen (secondary N) is 1. The molecule has 2 aromatic rings. The summed E-state index contributed by atoms with van der Waals surface area (Å²) in [5.41, 5.74) is 1.42. The highest BCUT2D eigenvalue weighted by atomic mass is 32.1. The van der Waals surface area contributed by atoms with Gasteiger partial charge in [-0.15, -0.1) is 11.3 Å². The van der Waals surface area contributed by atoms with Gasteiger partial charge in [-0.05, 0) is 29.1 Å². The first-order valence-corrected chi connectivity index (χ1v) is 7.37. The lowest BCUT2D eigenvalue weighted by Gasteiger charge is -2.23. The third-order valence-electron chi connectivity index (χ3n) is 3.22. The van der Waals surface area contributed by atoms with Crippen LogP contribution in [0.3, 0.4) is 0 Å². The number of rotatable bonds is 6. The Kier molecular flexibility index (Phi) is 4.61. The summed E-state index contributed by atoms with van der Waals surface area (Å²) >= 11 is 1.82. The Morgan fingerprint density at radius 3 is 2.74 bits per heavy atom. The predicted octanol–water partition coefficient (Wildman–Crippen LogP) is 3.82. The van der Waals surface area contributed by atoms with E-state index in [0.717, 1.165) is 18.8 Å². The van der Waals surface area contributed by atoms with Gasteiger partial charge >= 0.3 is 0 Å². The Bertz CT molecular complexity index is 505. The Labute approximate surface area is 119 Å². The van der Waals surface area contributed by atoms with E-state index in [-0.39, 0.29) is 5.41 Å². The number of thiophene rings is 1. The highest BCUT2D eigenvalue weighted by Crippen LogP contribution is 2.26. The molecule has 1 heterocycles. The largest absolute Gasteiger partial charge is 0.497 e. The highest BCUT2D eigenvalue weighted by molar-refractivity contribution is 7.10. The van der Waals surface area contributed by atoms with Gasteiger partial charge in [-0.25, -0.2) is 0 Å². The van der Waals surface area contributed by atoms with Crippen molar-refractivity contribution in [1.29, 1.82) is 0 Å². The molecule has 3 heteroatoms. The second-order valence-corrected chi connectivity index (χ2v) is 6.26. The van der Waals surface area contributed by atoms with Gasteiger partial charge in [0.1, 0.15) is 5.75 Å². The molecule has 102 valence electrons. The number of ether oxygens (including phenoxy) is 1. The van der Waals surface area contributed by atoms with Gasteiger partial charge in [0, 0.05) is 23.4 Å². The third kappa shape index (κ3) is 3.82. The molecule has 2 rings (SSSR count). The van der Waals surface area contributed by atoms with Crippen molar-refractivity contribution in [2.45, 2.75) is 25.8 Å². The van der Waals surface area contributed by atoms with E-state index in [1.54, 1.807) is 7.11 Å². The Morgan fingerprint density at radius 2 is 2.05 bits per heavy atom. The smallest absolute Gasteiger partial charge is 0.119 e. The first kappa shape index (κ1) is 14.1. The Hall–Kier alpha value is -1.32. The maximum Gasteiger partial charge on any atom is 0.119 e. The fourth-order valence-electron chi connectivity index (χ4n) is 2.05. The lowest BCUT2D eigenvalue weighted by Crippen LogP contribution is -2.31. The molecule has 1 aromatic heterocycles. The molecule has 0 saturated carbocycles. The SMILES string of the molecule is COc1cccc(CNCC(C)(C)c2cccs2)c1. The van der Waals surface area contributed by atoms with Crippen molar-refractivity contribution in [3.8, 4) is 5.75 Å². The predicted molar refractivity (Wildman–Crippen MR) is 82.0 cm³/mol. The lowest BCUT2D eigenvalue weighted by atomic mass is 9.91. The maximum atomic E-state index is 5.23. The minimum absolute atomic E-state index is 0.174. The van der Waals surface area contributed by atoms with Crippen molar-refractivity contribution in [3.05, 3.63) is 52.2 Å². The van der Waals surface area contributed by atoms with E-state index in [1.165, 1.54) is 10.4 Å². The van der Waals surface area contributed by atoms with Crippen LogP contribution in [-0.2, 0) is 12.0 Å². The summed E-state index contributed by atoms with van der Waals surface area (Å²) in [6.45, 7) is 6.38.